The summed E-state index contributed by atoms with van der Waals surface area (Å²) in [6.45, 7) is 0.440. The number of nitrogens with one attached hydrogen (secondary N) is 1. The molecule has 1 heterocycles. The van der Waals surface area contributed by atoms with Crippen LogP contribution in [-0.2, 0) is 27.8 Å². The van der Waals surface area contributed by atoms with Gasteiger partial charge in [0.15, 0.2) is 0 Å². The van der Waals surface area contributed by atoms with Gasteiger partial charge in [-0.15, -0.1) is 0 Å². The van der Waals surface area contributed by atoms with Gasteiger partial charge in [0.25, 0.3) is 0 Å². The first-order valence-electron chi connectivity index (χ1n) is 8.32. The fourth-order valence-corrected chi connectivity index (χ4v) is 3.80. The van der Waals surface area contributed by atoms with Crippen LogP contribution in [-0.4, -0.2) is 32.3 Å². The van der Waals surface area contributed by atoms with Crippen molar-refractivity contribution >= 4 is 15.9 Å². The molecule has 1 aliphatic rings. The van der Waals surface area contributed by atoms with Crippen molar-refractivity contribution in [2.75, 3.05) is 7.05 Å². The predicted molar refractivity (Wildman–Crippen MR) is 93.3 cm³/mol. The van der Waals surface area contributed by atoms with Crippen LogP contribution in [0.1, 0.15) is 30.6 Å². The summed E-state index contributed by atoms with van der Waals surface area (Å²) in [5, 5.41) is 0. The zero-order chi connectivity index (χ0) is 17.9. The number of amides is 1. The number of aryl methyl sites for hydroxylation is 1. The Morgan fingerprint density at radius 2 is 1.96 bits per heavy atom. The maximum atomic E-state index is 12.2. The van der Waals surface area contributed by atoms with Gasteiger partial charge < -0.3 is 9.32 Å². The Balaban J connectivity index is 1.52. The van der Waals surface area contributed by atoms with Gasteiger partial charge in [-0.1, -0.05) is 12.1 Å². The van der Waals surface area contributed by atoms with Crippen LogP contribution in [0, 0.1) is 0 Å². The minimum atomic E-state index is -3.42. The van der Waals surface area contributed by atoms with Crippen LogP contribution in [0.15, 0.2) is 52.0 Å². The summed E-state index contributed by atoms with van der Waals surface area (Å²) in [6, 6.07) is 10.4. The van der Waals surface area contributed by atoms with E-state index in [1.807, 2.05) is 6.07 Å². The number of carbonyl (C=O) groups excluding carboxylic acids is 1. The summed E-state index contributed by atoms with van der Waals surface area (Å²) >= 11 is 0. The van der Waals surface area contributed by atoms with Gasteiger partial charge in [-0.2, -0.15) is 0 Å². The second kappa shape index (κ2) is 7.41. The molecule has 25 heavy (non-hydrogen) atoms. The molecule has 1 fully saturated rings. The number of sulfonamides is 1. The van der Waals surface area contributed by atoms with Crippen LogP contribution in [0.5, 0.6) is 0 Å². The molecular formula is C18H22N2O4S. The molecule has 0 spiro atoms. The van der Waals surface area contributed by atoms with E-state index in [9.17, 15) is 13.2 Å². The Morgan fingerprint density at radius 3 is 2.56 bits per heavy atom. The summed E-state index contributed by atoms with van der Waals surface area (Å²) in [5.74, 6) is 0.761. The molecule has 3 rings (SSSR count). The van der Waals surface area contributed by atoms with Gasteiger partial charge in [0.05, 0.1) is 17.7 Å². The predicted octanol–water partition coefficient (Wildman–Crippen LogP) is 2.31. The third-order valence-corrected chi connectivity index (χ3v) is 5.70. The van der Waals surface area contributed by atoms with Gasteiger partial charge in [-0.25, -0.2) is 13.1 Å². The first-order chi connectivity index (χ1) is 11.9. The summed E-state index contributed by atoms with van der Waals surface area (Å²) in [5.41, 5.74) is 0.935. The number of carbonyl (C=O) groups is 1. The monoisotopic (exact) mass is 362 g/mol. The SMILES string of the molecule is CN(Cc1ccco1)C(=O)CCc1ccc(S(=O)(=O)NC2CC2)cc1. The lowest BCUT2D eigenvalue weighted by Gasteiger charge is -2.15. The standard InChI is InChI=1S/C18H22N2O4S/c1-20(13-16-3-2-12-24-16)18(21)11-6-14-4-9-17(10-5-14)25(22,23)19-15-7-8-15/h2-5,9-10,12,15,19H,6-8,11,13H2,1H3. The van der Waals surface area contributed by atoms with E-state index >= 15 is 0 Å². The fraction of sp³-hybridized carbons (Fsp3) is 0.389. The molecule has 1 aliphatic carbocycles. The van der Waals surface area contributed by atoms with E-state index in [-0.39, 0.29) is 16.8 Å². The number of furan rings is 1. The molecule has 1 saturated carbocycles. The molecule has 0 aliphatic heterocycles. The highest BCUT2D eigenvalue weighted by Gasteiger charge is 2.27. The van der Waals surface area contributed by atoms with Crippen molar-refractivity contribution in [3.05, 3.63) is 54.0 Å². The molecule has 0 radical (unpaired) electrons. The van der Waals surface area contributed by atoms with Crippen molar-refractivity contribution in [2.24, 2.45) is 0 Å². The maximum Gasteiger partial charge on any atom is 0.240 e. The van der Waals surface area contributed by atoms with E-state index in [4.69, 9.17) is 4.42 Å². The molecule has 0 unspecified atom stereocenters. The van der Waals surface area contributed by atoms with Gasteiger partial charge >= 0.3 is 0 Å². The van der Waals surface area contributed by atoms with E-state index < -0.39 is 10.0 Å². The molecule has 134 valence electrons. The number of hydrogen-bond acceptors (Lipinski definition) is 4. The lowest BCUT2D eigenvalue weighted by Crippen LogP contribution is -2.26. The van der Waals surface area contributed by atoms with Gasteiger partial charge in [0.1, 0.15) is 5.76 Å². The van der Waals surface area contributed by atoms with E-state index in [1.165, 1.54) is 0 Å². The molecule has 2 aromatic rings. The highest BCUT2D eigenvalue weighted by molar-refractivity contribution is 7.89. The third kappa shape index (κ3) is 4.93. The zero-order valence-electron chi connectivity index (χ0n) is 14.1. The van der Waals surface area contributed by atoms with Crippen LogP contribution < -0.4 is 4.72 Å². The zero-order valence-corrected chi connectivity index (χ0v) is 15.0. The van der Waals surface area contributed by atoms with Crippen molar-refractivity contribution in [3.8, 4) is 0 Å². The Bertz CT molecular complexity index is 809. The average molecular weight is 362 g/mol. The Kier molecular flexibility index (Phi) is 5.24. The fourth-order valence-electron chi connectivity index (χ4n) is 2.49. The molecular weight excluding hydrogens is 340 g/mol. The Labute approximate surface area is 147 Å². The molecule has 7 heteroatoms. The van der Waals surface area contributed by atoms with Crippen LogP contribution in [0.2, 0.25) is 0 Å². The summed E-state index contributed by atoms with van der Waals surface area (Å²) < 4.78 is 32.1. The molecule has 0 atom stereocenters. The summed E-state index contributed by atoms with van der Waals surface area (Å²) in [4.78, 5) is 14.1. The Hall–Kier alpha value is -2.12. The lowest BCUT2D eigenvalue weighted by molar-refractivity contribution is -0.130. The van der Waals surface area contributed by atoms with Crippen LogP contribution in [0.4, 0.5) is 0 Å². The van der Waals surface area contributed by atoms with E-state index in [1.54, 1.807) is 48.5 Å². The highest BCUT2D eigenvalue weighted by Crippen LogP contribution is 2.22. The first-order valence-corrected chi connectivity index (χ1v) is 9.80. The van der Waals surface area contributed by atoms with Crippen LogP contribution >= 0.6 is 0 Å². The third-order valence-electron chi connectivity index (χ3n) is 4.16. The lowest BCUT2D eigenvalue weighted by atomic mass is 10.1. The van der Waals surface area contributed by atoms with Crippen molar-refractivity contribution in [3.63, 3.8) is 0 Å². The molecule has 1 aromatic heterocycles. The van der Waals surface area contributed by atoms with Gasteiger partial charge in [-0.05, 0) is 49.1 Å². The smallest absolute Gasteiger partial charge is 0.240 e. The second-order valence-electron chi connectivity index (χ2n) is 6.37. The molecule has 1 N–H and O–H groups in total. The number of hydrogen-bond donors (Lipinski definition) is 1. The minimum absolute atomic E-state index is 0.0171. The van der Waals surface area contributed by atoms with Crippen LogP contribution in [0.3, 0.4) is 0 Å². The maximum absolute atomic E-state index is 12.2. The molecule has 6 nitrogen and oxygen atoms in total. The summed E-state index contributed by atoms with van der Waals surface area (Å²) in [7, 11) is -1.68. The van der Waals surface area contributed by atoms with Gasteiger partial charge in [0.2, 0.25) is 15.9 Å². The van der Waals surface area contributed by atoms with E-state index in [0.29, 0.717) is 19.4 Å². The average Bonchev–Trinajstić information content (AvgIpc) is 3.24. The number of benzene rings is 1. The van der Waals surface area contributed by atoms with Crippen molar-refractivity contribution in [2.45, 2.75) is 43.2 Å². The number of rotatable bonds is 8. The van der Waals surface area contributed by atoms with Crippen molar-refractivity contribution < 1.29 is 17.6 Å². The largest absolute Gasteiger partial charge is 0.467 e. The van der Waals surface area contributed by atoms with Crippen molar-refractivity contribution in [1.29, 1.82) is 0 Å². The van der Waals surface area contributed by atoms with Crippen LogP contribution in [0.25, 0.3) is 0 Å². The molecule has 1 amide bonds. The number of nitrogens with zero attached hydrogens (tertiary/aromatic N) is 1. The first kappa shape index (κ1) is 17.7. The van der Waals surface area contributed by atoms with E-state index in [2.05, 4.69) is 4.72 Å². The highest BCUT2D eigenvalue weighted by atomic mass is 32.2. The van der Waals surface area contributed by atoms with Crippen molar-refractivity contribution in [1.82, 2.24) is 9.62 Å². The second-order valence-corrected chi connectivity index (χ2v) is 8.08. The molecule has 0 saturated heterocycles. The quantitative estimate of drug-likeness (QED) is 0.781. The minimum Gasteiger partial charge on any atom is -0.467 e. The Morgan fingerprint density at radius 1 is 1.24 bits per heavy atom. The van der Waals surface area contributed by atoms with Gasteiger partial charge in [-0.3, -0.25) is 4.79 Å². The molecule has 1 aromatic carbocycles. The topological polar surface area (TPSA) is 79.6 Å². The normalized spacial score (nSPS) is 14.4. The summed E-state index contributed by atoms with van der Waals surface area (Å²) in [6.07, 6.45) is 4.33. The van der Waals surface area contributed by atoms with E-state index in [0.717, 1.165) is 24.2 Å². The van der Waals surface area contributed by atoms with Gasteiger partial charge in [0, 0.05) is 19.5 Å². The molecule has 0 bridgehead atoms.